The van der Waals surface area contributed by atoms with Gasteiger partial charge in [0, 0.05) is 45.5 Å². The van der Waals surface area contributed by atoms with Crippen molar-refractivity contribution in [2.75, 3.05) is 0 Å². The monoisotopic (exact) mass is 1030 g/mol. The third-order valence-corrected chi connectivity index (χ3v) is 15.0. The molecule has 0 unspecified atom stereocenters. The van der Waals surface area contributed by atoms with E-state index in [1.54, 1.807) is 103 Å². The number of benzene rings is 8. The zero-order chi connectivity index (χ0) is 53.7. The van der Waals surface area contributed by atoms with Crippen LogP contribution in [-0.2, 0) is 15.5 Å². The van der Waals surface area contributed by atoms with Gasteiger partial charge in [-0.25, -0.2) is 4.98 Å². The van der Waals surface area contributed by atoms with Crippen LogP contribution in [-0.4, -0.2) is 29.5 Å². The van der Waals surface area contributed by atoms with Crippen LogP contribution >= 0.6 is 0 Å². The number of hydrogen-bond acceptors (Lipinski definition) is 10. The fourth-order valence-electron chi connectivity index (χ4n) is 10.2. The minimum atomic E-state index is -4.60. The van der Waals surface area contributed by atoms with Crippen LogP contribution in [0.5, 0.6) is 34.6 Å². The highest BCUT2D eigenvalue weighted by Crippen LogP contribution is 2.47. The molecule has 0 bridgehead atoms. The molecule has 1 aromatic heterocycles. The van der Waals surface area contributed by atoms with E-state index >= 15 is 0 Å². The molecular formula is C65H49N3O8S. The van der Waals surface area contributed by atoms with Crippen molar-refractivity contribution in [2.45, 2.75) is 56.3 Å². The second-order valence-electron chi connectivity index (χ2n) is 19.0. The van der Waals surface area contributed by atoms with E-state index in [2.05, 4.69) is 41.4 Å². The lowest BCUT2D eigenvalue weighted by Crippen LogP contribution is -2.30. The molecule has 378 valence electrons. The first-order chi connectivity index (χ1) is 37.3. The van der Waals surface area contributed by atoms with Crippen molar-refractivity contribution in [3.63, 3.8) is 0 Å². The molecule has 0 aliphatic heterocycles. The molecule has 1 aliphatic rings. The molecule has 1 heterocycles. The average Bonchev–Trinajstić information content (AvgIpc) is 3.46. The first kappa shape index (κ1) is 51.0. The molecule has 77 heavy (non-hydrogen) atoms. The second-order valence-corrected chi connectivity index (χ2v) is 20.4. The van der Waals surface area contributed by atoms with Crippen molar-refractivity contribution in [3.05, 3.63) is 250 Å². The van der Waals surface area contributed by atoms with Crippen molar-refractivity contribution in [2.24, 2.45) is 0 Å². The minimum Gasteiger partial charge on any atom is -0.456 e. The number of ether oxygens (including phenoxy) is 3. The summed E-state index contributed by atoms with van der Waals surface area (Å²) in [6, 6.07) is 59.2. The van der Waals surface area contributed by atoms with Crippen molar-refractivity contribution in [1.29, 1.82) is 10.5 Å². The summed E-state index contributed by atoms with van der Waals surface area (Å²) in [5, 5.41) is 20.7. The largest absolute Gasteiger partial charge is 0.456 e. The first-order valence-corrected chi connectivity index (χ1v) is 26.5. The molecule has 0 amide bonds. The Balaban J connectivity index is 0.992. The Hall–Kier alpha value is -9.46. The molecule has 0 spiro atoms. The van der Waals surface area contributed by atoms with Gasteiger partial charge in [-0.1, -0.05) is 116 Å². The van der Waals surface area contributed by atoms with Crippen LogP contribution in [0, 0.1) is 36.5 Å². The van der Waals surface area contributed by atoms with Crippen LogP contribution in [0.3, 0.4) is 0 Å². The van der Waals surface area contributed by atoms with Crippen molar-refractivity contribution < 1.29 is 36.8 Å². The van der Waals surface area contributed by atoms with E-state index in [1.807, 2.05) is 56.3 Å². The minimum absolute atomic E-state index is 0.0406. The Morgan fingerprint density at radius 2 is 1.13 bits per heavy atom. The summed E-state index contributed by atoms with van der Waals surface area (Å²) in [6.45, 7) is 3.72. The Labute approximate surface area is 447 Å². The summed E-state index contributed by atoms with van der Waals surface area (Å²) >= 11 is 0. The van der Waals surface area contributed by atoms with Gasteiger partial charge in [-0.2, -0.15) is 18.9 Å². The van der Waals surface area contributed by atoms with E-state index in [0.717, 1.165) is 54.9 Å². The summed E-state index contributed by atoms with van der Waals surface area (Å²) in [6.07, 6.45) is 6.82. The van der Waals surface area contributed by atoms with Gasteiger partial charge in [0.05, 0.1) is 10.5 Å². The van der Waals surface area contributed by atoms with Crippen LogP contribution in [0.4, 0.5) is 0 Å². The molecule has 10 rings (SSSR count). The van der Waals surface area contributed by atoms with Gasteiger partial charge in [-0.05, 0) is 151 Å². The molecule has 0 radical (unpaired) electrons. The third kappa shape index (κ3) is 10.8. The number of nitrogens with zero attached hydrogens (tertiary/aromatic N) is 3. The van der Waals surface area contributed by atoms with Crippen LogP contribution in [0.1, 0.15) is 97.3 Å². The highest BCUT2D eigenvalue weighted by atomic mass is 32.2. The zero-order valence-electron chi connectivity index (χ0n) is 42.1. The van der Waals surface area contributed by atoms with Crippen molar-refractivity contribution in [3.8, 4) is 69.0 Å². The number of carbonyl (C=O) groups is 2. The van der Waals surface area contributed by atoms with Gasteiger partial charge in [0.1, 0.15) is 46.4 Å². The molecule has 0 atom stereocenters. The van der Waals surface area contributed by atoms with E-state index in [9.17, 15) is 33.1 Å². The fraction of sp³-hybridized carbons (Fsp3) is 0.123. The van der Waals surface area contributed by atoms with Crippen LogP contribution in [0.2, 0.25) is 0 Å². The maximum atomic E-state index is 15.0. The maximum Gasteiger partial charge on any atom is 0.294 e. The van der Waals surface area contributed by atoms with Gasteiger partial charge in [-0.3, -0.25) is 14.1 Å². The SMILES string of the molecule is Cc1ccc(-c2ccc(-c3cccc(Oc4ccc(C5(c6ccc(Oc7cccc(C)c7C#N)cc6)CCCCC5)cc4)c3C#N)c(C(=O)c3ccc(Oc4ccccn4)cc3)c2)c(C(=O)c2cccc(S(=O)(=O)O)c2)c1. The van der Waals surface area contributed by atoms with Gasteiger partial charge >= 0.3 is 0 Å². The normalized spacial score (nSPS) is 12.9. The average molecular weight is 1030 g/mol. The highest BCUT2D eigenvalue weighted by Gasteiger charge is 2.36. The number of aromatic nitrogens is 1. The Bertz CT molecular complexity index is 3910. The highest BCUT2D eigenvalue weighted by molar-refractivity contribution is 7.85. The standard InChI is InChI=1S/C65H49N3O8S/c1-42-18-32-53(56(37-42)64(70)46-12-9-13-52(38-46)77(71,72)73)45-21-33-55(57(39-45)63(69)44-19-26-51(27-20-44)76-62-17-4-7-36-68-62)54-14-10-16-61(59(54)41-67)75-50-30-24-48(25-31-50)65(34-5-3-6-35-65)47-22-28-49(29-23-47)74-60-15-8-11-43(2)58(60)40-66/h4,7-33,36-39H,3,5-6,34-35H2,1-2H3,(H,71,72,73). The summed E-state index contributed by atoms with van der Waals surface area (Å²) < 4.78 is 52.6. The van der Waals surface area contributed by atoms with E-state index in [-0.39, 0.29) is 39.2 Å². The predicted octanol–water partition coefficient (Wildman–Crippen LogP) is 15.1. The maximum absolute atomic E-state index is 15.0. The van der Waals surface area contributed by atoms with Crippen molar-refractivity contribution in [1.82, 2.24) is 4.98 Å². The molecule has 1 aliphatic carbocycles. The van der Waals surface area contributed by atoms with Crippen LogP contribution in [0.15, 0.2) is 199 Å². The summed E-state index contributed by atoms with van der Waals surface area (Å²) in [5.41, 5.74) is 7.05. The van der Waals surface area contributed by atoms with Gasteiger partial charge in [-0.15, -0.1) is 0 Å². The van der Waals surface area contributed by atoms with E-state index < -0.39 is 20.8 Å². The molecule has 11 nitrogen and oxygen atoms in total. The second kappa shape index (κ2) is 21.8. The number of aryl methyl sites for hydroxylation is 2. The molecule has 9 aromatic rings. The Kier molecular flexibility index (Phi) is 14.4. The van der Waals surface area contributed by atoms with Gasteiger partial charge in [0.25, 0.3) is 10.1 Å². The quantitative estimate of drug-likeness (QED) is 0.0763. The molecule has 1 saturated carbocycles. The molecule has 12 heteroatoms. The van der Waals surface area contributed by atoms with Crippen molar-refractivity contribution >= 4 is 21.7 Å². The van der Waals surface area contributed by atoms with E-state index in [4.69, 9.17) is 14.2 Å². The number of carbonyl (C=O) groups excluding carboxylic acids is 2. The van der Waals surface area contributed by atoms with Crippen LogP contribution in [0.25, 0.3) is 22.3 Å². The topological polar surface area (TPSA) is 177 Å². The number of nitriles is 2. The van der Waals surface area contributed by atoms with E-state index in [1.165, 1.54) is 23.8 Å². The molecule has 0 saturated heterocycles. The summed E-state index contributed by atoms with van der Waals surface area (Å²) in [4.78, 5) is 33.1. The Morgan fingerprint density at radius 1 is 0.545 bits per heavy atom. The summed E-state index contributed by atoms with van der Waals surface area (Å²) in [5.74, 6) is 1.93. The number of hydrogen-bond donors (Lipinski definition) is 1. The molecule has 1 N–H and O–H groups in total. The van der Waals surface area contributed by atoms with Crippen LogP contribution < -0.4 is 14.2 Å². The Morgan fingerprint density at radius 3 is 1.77 bits per heavy atom. The molecular weight excluding hydrogens is 983 g/mol. The van der Waals surface area contributed by atoms with Gasteiger partial charge < -0.3 is 14.2 Å². The predicted molar refractivity (Wildman–Crippen MR) is 293 cm³/mol. The van der Waals surface area contributed by atoms with E-state index in [0.29, 0.717) is 62.3 Å². The molecule has 1 fully saturated rings. The first-order valence-electron chi connectivity index (χ1n) is 25.0. The summed E-state index contributed by atoms with van der Waals surface area (Å²) in [7, 11) is -4.60. The third-order valence-electron chi connectivity index (χ3n) is 14.1. The van der Waals surface area contributed by atoms with Gasteiger partial charge in [0.2, 0.25) is 5.88 Å². The molecule has 8 aromatic carbocycles. The number of pyridine rings is 1. The van der Waals surface area contributed by atoms with Gasteiger partial charge in [0.15, 0.2) is 11.6 Å². The lowest BCUT2D eigenvalue weighted by molar-refractivity contribution is 0.103. The smallest absolute Gasteiger partial charge is 0.294 e. The number of rotatable bonds is 15. The lowest BCUT2D eigenvalue weighted by Gasteiger charge is -2.38. The number of ketones is 2. The fourth-order valence-corrected chi connectivity index (χ4v) is 10.7. The zero-order valence-corrected chi connectivity index (χ0v) is 42.9. The lowest BCUT2D eigenvalue weighted by atomic mass is 9.65.